The third-order valence-corrected chi connectivity index (χ3v) is 5.76. The van der Waals surface area contributed by atoms with Gasteiger partial charge in [-0.1, -0.05) is 35.9 Å². The van der Waals surface area contributed by atoms with E-state index in [1.807, 2.05) is 65.9 Å². The van der Waals surface area contributed by atoms with Gasteiger partial charge in [-0.15, -0.1) is 0 Å². The van der Waals surface area contributed by atoms with Gasteiger partial charge in [0.05, 0.1) is 27.1 Å². The van der Waals surface area contributed by atoms with Crippen molar-refractivity contribution in [3.63, 3.8) is 0 Å². The number of aromatic nitrogens is 6. The van der Waals surface area contributed by atoms with Gasteiger partial charge in [-0.3, -0.25) is 8.97 Å². The number of halogens is 1. The number of aryl methyl sites for hydroxylation is 1. The second-order valence-corrected chi connectivity index (χ2v) is 7.63. The van der Waals surface area contributed by atoms with E-state index in [1.54, 1.807) is 10.6 Å². The number of benzene rings is 2. The quantitative estimate of drug-likeness (QED) is 0.377. The monoisotopic (exact) mass is 434 g/mol. The van der Waals surface area contributed by atoms with E-state index >= 15 is 0 Å². The highest BCUT2D eigenvalue weighted by Crippen LogP contribution is 2.35. The first-order valence-electron chi connectivity index (χ1n) is 9.67. The van der Waals surface area contributed by atoms with Crippen molar-refractivity contribution in [3.8, 4) is 17.8 Å². The largest absolute Gasteiger partial charge is 0.280 e. The predicted octanol–water partition coefficient (Wildman–Crippen LogP) is 4.47. The molecule has 4 aromatic heterocycles. The summed E-state index contributed by atoms with van der Waals surface area (Å²) in [6.07, 6.45) is 0. The van der Waals surface area contributed by atoms with Crippen LogP contribution < -0.4 is 0 Å². The maximum absolute atomic E-state index is 9.55. The van der Waals surface area contributed by atoms with Crippen molar-refractivity contribution < 1.29 is 0 Å². The molecule has 150 valence electrons. The predicted molar refractivity (Wildman–Crippen MR) is 120 cm³/mol. The lowest BCUT2D eigenvalue weighted by Crippen LogP contribution is -2.02. The highest BCUT2D eigenvalue weighted by molar-refractivity contribution is 6.32. The first-order valence-corrected chi connectivity index (χ1v) is 10.0. The molecule has 0 amide bonds. The molecule has 8 nitrogen and oxygen atoms in total. The van der Waals surface area contributed by atoms with Crippen LogP contribution >= 0.6 is 11.6 Å². The molecule has 0 N–H and O–H groups in total. The van der Waals surface area contributed by atoms with E-state index in [9.17, 15) is 10.5 Å². The molecule has 0 bridgehead atoms. The van der Waals surface area contributed by atoms with Crippen molar-refractivity contribution >= 4 is 50.5 Å². The number of nitriles is 2. The van der Waals surface area contributed by atoms with Crippen molar-refractivity contribution in [1.82, 2.24) is 28.9 Å². The summed E-state index contributed by atoms with van der Waals surface area (Å²) >= 11 is 6.54. The lowest BCUT2D eigenvalue weighted by Gasteiger charge is -2.09. The van der Waals surface area contributed by atoms with E-state index < -0.39 is 0 Å². The van der Waals surface area contributed by atoms with Crippen LogP contribution in [0, 0.1) is 29.6 Å². The number of imidazole rings is 1. The van der Waals surface area contributed by atoms with Gasteiger partial charge in [-0.2, -0.15) is 10.5 Å². The van der Waals surface area contributed by atoms with Crippen molar-refractivity contribution in [2.75, 3.05) is 0 Å². The fourth-order valence-corrected chi connectivity index (χ4v) is 4.34. The number of nitrogens with zero attached hydrogens (tertiary/aromatic N) is 8. The van der Waals surface area contributed by atoms with Crippen LogP contribution in [0.4, 0.5) is 0 Å². The molecule has 0 saturated carbocycles. The Morgan fingerprint density at radius 2 is 1.53 bits per heavy atom. The molecular formula is C23H11ClN8. The third-order valence-electron chi connectivity index (χ3n) is 5.44. The van der Waals surface area contributed by atoms with Gasteiger partial charge in [0.15, 0.2) is 28.3 Å². The zero-order valence-electron chi connectivity index (χ0n) is 16.6. The molecule has 2 aromatic carbocycles. The minimum atomic E-state index is -0.0580. The van der Waals surface area contributed by atoms with Crippen LogP contribution in [0.3, 0.4) is 0 Å². The fourth-order valence-electron chi connectivity index (χ4n) is 4.12. The first-order chi connectivity index (χ1) is 15.6. The molecule has 0 saturated heterocycles. The van der Waals surface area contributed by atoms with E-state index in [0.29, 0.717) is 38.6 Å². The van der Waals surface area contributed by atoms with Crippen molar-refractivity contribution in [2.24, 2.45) is 0 Å². The number of hydrogen-bond donors (Lipinski definition) is 0. The third kappa shape index (κ3) is 2.30. The van der Waals surface area contributed by atoms with Crippen LogP contribution in [-0.4, -0.2) is 28.9 Å². The topological polar surface area (TPSA) is 108 Å². The average Bonchev–Trinajstić information content (AvgIpc) is 3.34. The summed E-state index contributed by atoms with van der Waals surface area (Å²) in [6.45, 7) is 1.90. The molecule has 0 spiro atoms. The summed E-state index contributed by atoms with van der Waals surface area (Å²) in [6, 6.07) is 19.0. The Labute approximate surface area is 185 Å². The maximum atomic E-state index is 9.55. The normalized spacial score (nSPS) is 11.4. The molecule has 6 aromatic rings. The Kier molecular flexibility index (Phi) is 3.70. The summed E-state index contributed by atoms with van der Waals surface area (Å²) < 4.78 is 3.73. The van der Waals surface area contributed by atoms with Gasteiger partial charge in [-0.05, 0) is 31.2 Å². The van der Waals surface area contributed by atoms with E-state index in [1.165, 1.54) is 0 Å². The molecule has 4 heterocycles. The molecule has 0 unspecified atom stereocenters. The van der Waals surface area contributed by atoms with Crippen LogP contribution in [0.25, 0.3) is 44.6 Å². The van der Waals surface area contributed by atoms with Crippen molar-refractivity contribution in [2.45, 2.75) is 6.92 Å². The van der Waals surface area contributed by atoms with Gasteiger partial charge < -0.3 is 0 Å². The van der Waals surface area contributed by atoms with Gasteiger partial charge >= 0.3 is 0 Å². The zero-order valence-corrected chi connectivity index (χ0v) is 17.3. The Bertz CT molecular complexity index is 1830. The van der Waals surface area contributed by atoms with Crippen LogP contribution in [0.1, 0.15) is 17.2 Å². The second-order valence-electron chi connectivity index (χ2n) is 7.22. The molecule has 32 heavy (non-hydrogen) atoms. The van der Waals surface area contributed by atoms with Crippen LogP contribution in [0.15, 0.2) is 48.5 Å². The minimum absolute atomic E-state index is 0.0481. The van der Waals surface area contributed by atoms with E-state index in [2.05, 4.69) is 9.97 Å². The van der Waals surface area contributed by atoms with Gasteiger partial charge in [-0.25, -0.2) is 19.9 Å². The summed E-state index contributed by atoms with van der Waals surface area (Å²) in [5.74, 6) is 0.721. The molecule has 0 aliphatic heterocycles. The highest BCUT2D eigenvalue weighted by atomic mass is 35.5. The molecule has 9 heteroatoms. The summed E-state index contributed by atoms with van der Waals surface area (Å²) in [5.41, 5.74) is 4.27. The SMILES string of the molecule is Cc1nc2c(c3nc(C#N)c(C#N)nc3n2-c2ccccc2Cl)c2nc3ccccc3n12. The molecule has 0 fully saturated rings. The minimum Gasteiger partial charge on any atom is -0.280 e. The van der Waals surface area contributed by atoms with Crippen LogP contribution in [-0.2, 0) is 0 Å². The summed E-state index contributed by atoms with van der Waals surface area (Å²) in [7, 11) is 0. The Hall–Kier alpha value is -4.53. The van der Waals surface area contributed by atoms with Crippen molar-refractivity contribution in [3.05, 3.63) is 70.8 Å². The van der Waals surface area contributed by atoms with E-state index in [4.69, 9.17) is 21.6 Å². The lowest BCUT2D eigenvalue weighted by atomic mass is 10.3. The standard InChI is InChI=1S/C23H11ClN8/c1-12-27-21-19(22-29-14-7-3-5-9-18(14)31(12)22)20-23(30-16(11-26)15(10-25)28-20)32(21)17-8-4-2-6-13(17)24/h2-9H,1H3. The molecule has 0 aliphatic rings. The molecule has 0 radical (unpaired) electrons. The second kappa shape index (κ2) is 6.48. The number of fused-ring (bicyclic) bond motifs is 7. The lowest BCUT2D eigenvalue weighted by molar-refractivity contribution is 1.01. The Balaban J connectivity index is 1.94. The Morgan fingerprint density at radius 3 is 2.31 bits per heavy atom. The van der Waals surface area contributed by atoms with E-state index in [0.717, 1.165) is 16.9 Å². The smallest absolute Gasteiger partial charge is 0.179 e. The van der Waals surface area contributed by atoms with Crippen LogP contribution in [0.5, 0.6) is 0 Å². The first kappa shape index (κ1) is 18.3. The number of hydrogen-bond acceptors (Lipinski definition) is 6. The van der Waals surface area contributed by atoms with Gasteiger partial charge in [0.1, 0.15) is 23.5 Å². The molecular weight excluding hydrogens is 424 g/mol. The summed E-state index contributed by atoms with van der Waals surface area (Å²) in [4.78, 5) is 18.7. The van der Waals surface area contributed by atoms with Gasteiger partial charge in [0.25, 0.3) is 0 Å². The fraction of sp³-hybridized carbons (Fsp3) is 0.0435. The zero-order chi connectivity index (χ0) is 22.0. The Morgan fingerprint density at radius 1 is 0.812 bits per heavy atom. The molecule has 6 rings (SSSR count). The van der Waals surface area contributed by atoms with Gasteiger partial charge in [0.2, 0.25) is 0 Å². The van der Waals surface area contributed by atoms with Crippen LogP contribution in [0.2, 0.25) is 5.02 Å². The van der Waals surface area contributed by atoms with E-state index in [-0.39, 0.29) is 11.4 Å². The number of para-hydroxylation sites is 3. The molecule has 0 aliphatic carbocycles. The van der Waals surface area contributed by atoms with Gasteiger partial charge in [0, 0.05) is 0 Å². The maximum Gasteiger partial charge on any atom is 0.179 e. The summed E-state index contributed by atoms with van der Waals surface area (Å²) in [5, 5.41) is 20.2. The highest BCUT2D eigenvalue weighted by Gasteiger charge is 2.24. The van der Waals surface area contributed by atoms with Crippen molar-refractivity contribution in [1.29, 1.82) is 10.5 Å². The molecule has 0 atom stereocenters. The average molecular weight is 435 g/mol. The number of rotatable bonds is 1.